The summed E-state index contributed by atoms with van der Waals surface area (Å²) in [5, 5.41) is 14.0. The predicted molar refractivity (Wildman–Crippen MR) is 81.6 cm³/mol. The number of nitrogens with zero attached hydrogens (tertiary/aromatic N) is 1. The summed E-state index contributed by atoms with van der Waals surface area (Å²) < 4.78 is 0. The van der Waals surface area contributed by atoms with E-state index in [-0.39, 0.29) is 5.91 Å². The molecule has 0 aromatic heterocycles. The van der Waals surface area contributed by atoms with E-state index in [2.05, 4.69) is 5.32 Å². The van der Waals surface area contributed by atoms with Crippen molar-refractivity contribution in [3.63, 3.8) is 0 Å². The van der Waals surface area contributed by atoms with Crippen LogP contribution in [0.15, 0.2) is 48.5 Å². The van der Waals surface area contributed by atoms with Gasteiger partial charge in [0.15, 0.2) is 5.60 Å². The van der Waals surface area contributed by atoms with Crippen molar-refractivity contribution in [1.82, 2.24) is 0 Å². The van der Waals surface area contributed by atoms with Crippen LogP contribution < -0.4 is 10.2 Å². The summed E-state index contributed by atoms with van der Waals surface area (Å²) in [5.74, 6) is -1.78. The van der Waals surface area contributed by atoms with E-state index in [9.17, 15) is 14.7 Å². The lowest BCUT2D eigenvalue weighted by Gasteiger charge is -2.27. The molecule has 2 aliphatic heterocycles. The molecule has 2 heterocycles. The van der Waals surface area contributed by atoms with Crippen LogP contribution in [0.4, 0.5) is 11.4 Å². The molecule has 5 heteroatoms. The van der Waals surface area contributed by atoms with Crippen LogP contribution in [0.25, 0.3) is 0 Å². The van der Waals surface area contributed by atoms with Crippen LogP contribution in [0.2, 0.25) is 0 Å². The van der Waals surface area contributed by atoms with Crippen LogP contribution in [0.1, 0.15) is 17.0 Å². The Balaban J connectivity index is 1.96. The molecule has 0 bridgehead atoms. The lowest BCUT2D eigenvalue weighted by molar-refractivity contribution is -0.143. The van der Waals surface area contributed by atoms with Crippen LogP contribution in [-0.2, 0) is 15.2 Å². The smallest absolute Gasteiger partial charge is 0.264 e. The van der Waals surface area contributed by atoms with Gasteiger partial charge >= 0.3 is 0 Å². The number of hydrogen-bond donors (Lipinski definition) is 2. The number of para-hydroxylation sites is 2. The number of nitrogens with one attached hydrogen (secondary N) is 1. The van der Waals surface area contributed by atoms with Crippen molar-refractivity contribution in [2.24, 2.45) is 0 Å². The Hall–Kier alpha value is -2.66. The number of fused-ring (bicyclic) bond motifs is 2. The molecule has 2 amide bonds. The van der Waals surface area contributed by atoms with Crippen molar-refractivity contribution in [2.45, 2.75) is 11.5 Å². The van der Waals surface area contributed by atoms with Gasteiger partial charge in [-0.15, -0.1) is 0 Å². The molecule has 0 fully saturated rings. The van der Waals surface area contributed by atoms with Gasteiger partial charge in [-0.25, -0.2) is 0 Å². The number of anilines is 2. The molecule has 0 saturated heterocycles. The van der Waals surface area contributed by atoms with Crippen molar-refractivity contribution >= 4 is 23.2 Å². The van der Waals surface area contributed by atoms with E-state index in [4.69, 9.17) is 0 Å². The second kappa shape index (κ2) is 4.18. The molecule has 0 radical (unpaired) electrons. The van der Waals surface area contributed by atoms with Gasteiger partial charge in [-0.2, -0.15) is 0 Å². The third-order valence-corrected chi connectivity index (χ3v) is 4.52. The number of amides is 2. The molecular weight excluding hydrogens is 280 g/mol. The quantitative estimate of drug-likeness (QED) is 0.839. The summed E-state index contributed by atoms with van der Waals surface area (Å²) in [6, 6.07) is 14.2. The first-order chi connectivity index (χ1) is 10.5. The first kappa shape index (κ1) is 13.0. The van der Waals surface area contributed by atoms with Crippen LogP contribution in [0.3, 0.4) is 0 Å². The van der Waals surface area contributed by atoms with Crippen molar-refractivity contribution in [1.29, 1.82) is 0 Å². The maximum Gasteiger partial charge on any atom is 0.264 e. The SMILES string of the molecule is CN1C(=O)C(O)(C2C(=O)Nc3ccccc32)c2ccccc21. The number of carbonyl (C=O) groups is 2. The molecule has 5 nitrogen and oxygen atoms in total. The Morgan fingerprint density at radius 3 is 2.59 bits per heavy atom. The molecule has 2 unspecified atom stereocenters. The Morgan fingerprint density at radius 2 is 1.77 bits per heavy atom. The van der Waals surface area contributed by atoms with E-state index >= 15 is 0 Å². The zero-order valence-corrected chi connectivity index (χ0v) is 11.9. The standard InChI is InChI=1S/C17H14N2O3/c1-19-13-9-5-3-7-11(13)17(22,16(19)21)14-10-6-2-4-8-12(10)18-15(14)20/h2-9,14,22H,1H3,(H,18,20). The van der Waals surface area contributed by atoms with Crippen molar-refractivity contribution in [2.75, 3.05) is 17.3 Å². The summed E-state index contributed by atoms with van der Waals surface area (Å²) in [7, 11) is 1.61. The minimum absolute atomic E-state index is 0.359. The highest BCUT2D eigenvalue weighted by Crippen LogP contribution is 2.51. The normalized spacial score (nSPS) is 25.9. The molecule has 2 atom stereocenters. The molecule has 4 rings (SSSR count). The van der Waals surface area contributed by atoms with E-state index < -0.39 is 17.4 Å². The second-order valence-electron chi connectivity index (χ2n) is 5.66. The summed E-state index contributed by atoms with van der Waals surface area (Å²) in [6.45, 7) is 0. The monoisotopic (exact) mass is 294 g/mol. The highest BCUT2D eigenvalue weighted by molar-refractivity contribution is 6.14. The number of carbonyl (C=O) groups excluding carboxylic acids is 2. The lowest BCUT2D eigenvalue weighted by Crippen LogP contribution is -2.45. The first-order valence-corrected chi connectivity index (χ1v) is 7.05. The fraction of sp³-hybridized carbons (Fsp3) is 0.176. The molecular formula is C17H14N2O3. The van der Waals surface area contributed by atoms with E-state index in [1.165, 1.54) is 4.90 Å². The molecule has 0 saturated carbocycles. The minimum Gasteiger partial charge on any atom is -0.374 e. The second-order valence-corrected chi connectivity index (χ2v) is 5.66. The van der Waals surface area contributed by atoms with Gasteiger partial charge in [0.05, 0.1) is 5.69 Å². The maximum absolute atomic E-state index is 12.7. The van der Waals surface area contributed by atoms with E-state index in [1.807, 2.05) is 6.07 Å². The number of likely N-dealkylation sites (N-methyl/N-ethyl adjacent to an activating group) is 1. The Labute approximate surface area is 127 Å². The van der Waals surface area contributed by atoms with Gasteiger partial charge in [-0.3, -0.25) is 9.59 Å². The van der Waals surface area contributed by atoms with Gasteiger partial charge < -0.3 is 15.3 Å². The summed E-state index contributed by atoms with van der Waals surface area (Å²) in [5.41, 5.74) is 0.521. The molecule has 2 N–H and O–H groups in total. The van der Waals surface area contributed by atoms with Crippen LogP contribution >= 0.6 is 0 Å². The summed E-state index contributed by atoms with van der Waals surface area (Å²) in [4.78, 5) is 26.6. The van der Waals surface area contributed by atoms with Gasteiger partial charge in [-0.1, -0.05) is 36.4 Å². The third kappa shape index (κ3) is 1.41. The average Bonchev–Trinajstić information content (AvgIpc) is 2.97. The van der Waals surface area contributed by atoms with Gasteiger partial charge in [0.25, 0.3) is 5.91 Å². The molecule has 2 aromatic rings. The van der Waals surface area contributed by atoms with E-state index in [0.29, 0.717) is 22.5 Å². The molecule has 22 heavy (non-hydrogen) atoms. The number of hydrogen-bond acceptors (Lipinski definition) is 3. The maximum atomic E-state index is 12.7. The van der Waals surface area contributed by atoms with E-state index in [0.717, 1.165) is 0 Å². The minimum atomic E-state index is -1.87. The van der Waals surface area contributed by atoms with Gasteiger partial charge in [0.1, 0.15) is 5.92 Å². The topological polar surface area (TPSA) is 69.6 Å². The molecule has 2 aromatic carbocycles. The Kier molecular flexibility index (Phi) is 2.47. The third-order valence-electron chi connectivity index (χ3n) is 4.52. The van der Waals surface area contributed by atoms with Crippen molar-refractivity contribution in [3.8, 4) is 0 Å². The van der Waals surface area contributed by atoms with Crippen molar-refractivity contribution in [3.05, 3.63) is 59.7 Å². The Morgan fingerprint density at radius 1 is 1.09 bits per heavy atom. The number of aliphatic hydroxyl groups is 1. The van der Waals surface area contributed by atoms with Gasteiger partial charge in [0, 0.05) is 18.3 Å². The fourth-order valence-electron chi connectivity index (χ4n) is 3.47. The average molecular weight is 294 g/mol. The van der Waals surface area contributed by atoms with E-state index in [1.54, 1.807) is 49.5 Å². The molecule has 2 aliphatic rings. The molecule has 110 valence electrons. The zero-order valence-electron chi connectivity index (χ0n) is 11.9. The predicted octanol–water partition coefficient (Wildman–Crippen LogP) is 1.59. The van der Waals surface area contributed by atoms with Crippen molar-refractivity contribution < 1.29 is 14.7 Å². The Bertz CT molecular complexity index is 817. The van der Waals surface area contributed by atoms with Crippen LogP contribution in [0, 0.1) is 0 Å². The van der Waals surface area contributed by atoms with Gasteiger partial charge in [0.2, 0.25) is 5.91 Å². The number of benzene rings is 2. The van der Waals surface area contributed by atoms with Gasteiger partial charge in [-0.05, 0) is 17.7 Å². The highest BCUT2D eigenvalue weighted by Gasteiger charge is 2.58. The zero-order chi connectivity index (χ0) is 15.5. The highest BCUT2D eigenvalue weighted by atomic mass is 16.3. The van der Waals surface area contributed by atoms with Crippen LogP contribution in [-0.4, -0.2) is 24.0 Å². The molecule has 0 aliphatic carbocycles. The summed E-state index contributed by atoms with van der Waals surface area (Å²) >= 11 is 0. The molecule has 0 spiro atoms. The largest absolute Gasteiger partial charge is 0.374 e. The van der Waals surface area contributed by atoms with Crippen LogP contribution in [0.5, 0.6) is 0 Å². The summed E-state index contributed by atoms with van der Waals surface area (Å²) in [6.07, 6.45) is 0. The first-order valence-electron chi connectivity index (χ1n) is 7.05. The lowest BCUT2D eigenvalue weighted by atomic mass is 9.78. The fourth-order valence-corrected chi connectivity index (χ4v) is 3.47. The number of rotatable bonds is 1.